The Balaban J connectivity index is 1.74. The number of nitrogens with zero attached hydrogens (tertiary/aromatic N) is 2. The van der Waals surface area contributed by atoms with Gasteiger partial charge in [0, 0.05) is 9.26 Å². The zero-order chi connectivity index (χ0) is 16.4. The smallest absolute Gasteiger partial charge is 0.387 e. The Morgan fingerprint density at radius 1 is 1.43 bits per heavy atom. The Hall–Kier alpha value is -1.94. The van der Waals surface area contributed by atoms with Crippen LogP contribution in [0.4, 0.5) is 5.69 Å². The molecule has 8 heteroatoms. The number of nitrogens with one attached hydrogen (secondary N) is 1. The summed E-state index contributed by atoms with van der Waals surface area (Å²) in [7, 11) is 0. The Morgan fingerprint density at radius 3 is 2.96 bits per heavy atom. The van der Waals surface area contributed by atoms with Gasteiger partial charge in [-0.3, -0.25) is 4.79 Å². The van der Waals surface area contributed by atoms with Crippen LogP contribution in [-0.2, 0) is 11.3 Å². The highest BCUT2D eigenvalue weighted by molar-refractivity contribution is 14.1. The topological polar surface area (TPSA) is 77.1 Å². The Morgan fingerprint density at radius 2 is 2.26 bits per heavy atom. The second-order valence-electron chi connectivity index (χ2n) is 4.82. The number of thiophene rings is 1. The van der Waals surface area contributed by atoms with Gasteiger partial charge >= 0.3 is 5.76 Å². The lowest BCUT2D eigenvalue weighted by Crippen LogP contribution is -2.26. The molecule has 2 aromatic heterocycles. The van der Waals surface area contributed by atoms with Crippen LogP contribution in [0, 0.1) is 10.5 Å². The number of halogens is 1. The summed E-state index contributed by atoms with van der Waals surface area (Å²) in [5.74, 6) is -0.756. The van der Waals surface area contributed by atoms with Crippen molar-refractivity contribution in [1.29, 1.82) is 0 Å². The highest BCUT2D eigenvalue weighted by atomic mass is 127. The fourth-order valence-corrected chi connectivity index (χ4v) is 3.29. The van der Waals surface area contributed by atoms with Crippen molar-refractivity contribution in [1.82, 2.24) is 9.78 Å². The van der Waals surface area contributed by atoms with E-state index in [4.69, 9.17) is 4.42 Å². The average Bonchev–Trinajstić information content (AvgIpc) is 3.13. The normalized spacial score (nSPS) is 10.7. The van der Waals surface area contributed by atoms with E-state index in [-0.39, 0.29) is 18.3 Å². The molecule has 0 spiro atoms. The van der Waals surface area contributed by atoms with Crippen molar-refractivity contribution in [2.24, 2.45) is 0 Å². The summed E-state index contributed by atoms with van der Waals surface area (Å²) in [5, 5.41) is 8.69. The summed E-state index contributed by atoms with van der Waals surface area (Å²) in [6, 6.07) is 9.34. The molecule has 6 nitrogen and oxygen atoms in total. The number of anilines is 1. The van der Waals surface area contributed by atoms with Gasteiger partial charge in [-0.1, -0.05) is 6.07 Å². The molecule has 0 saturated carbocycles. The molecule has 3 aromatic rings. The molecule has 1 amide bonds. The van der Waals surface area contributed by atoms with E-state index in [0.717, 1.165) is 18.7 Å². The van der Waals surface area contributed by atoms with Gasteiger partial charge in [-0.25, -0.2) is 4.79 Å². The molecule has 0 unspecified atom stereocenters. The first-order chi connectivity index (χ1) is 11.0. The number of hydrogen-bond acceptors (Lipinski definition) is 5. The first kappa shape index (κ1) is 15.9. The lowest BCUT2D eigenvalue weighted by Gasteiger charge is -2.08. The van der Waals surface area contributed by atoms with Gasteiger partial charge < -0.3 is 9.73 Å². The minimum absolute atomic E-state index is 0.195. The Kier molecular flexibility index (Phi) is 4.62. The lowest BCUT2D eigenvalue weighted by atomic mass is 10.2. The molecule has 23 heavy (non-hydrogen) atoms. The molecule has 2 heterocycles. The summed E-state index contributed by atoms with van der Waals surface area (Å²) in [4.78, 5) is 24.7. The monoisotopic (exact) mass is 441 g/mol. The lowest BCUT2D eigenvalue weighted by molar-refractivity contribution is -0.117. The van der Waals surface area contributed by atoms with Gasteiger partial charge in [0.2, 0.25) is 5.91 Å². The molecule has 1 aromatic carbocycles. The molecule has 0 aliphatic rings. The van der Waals surface area contributed by atoms with E-state index >= 15 is 0 Å². The van der Waals surface area contributed by atoms with Gasteiger partial charge in [0.1, 0.15) is 6.54 Å². The van der Waals surface area contributed by atoms with Crippen LogP contribution in [0.3, 0.4) is 0 Å². The fraction of sp³-hybridized carbons (Fsp3) is 0.133. The van der Waals surface area contributed by atoms with E-state index in [1.54, 1.807) is 6.07 Å². The van der Waals surface area contributed by atoms with E-state index in [0.29, 0.717) is 5.69 Å². The van der Waals surface area contributed by atoms with Crippen LogP contribution >= 0.6 is 33.9 Å². The van der Waals surface area contributed by atoms with Crippen molar-refractivity contribution in [3.05, 3.63) is 55.4 Å². The first-order valence-corrected chi connectivity index (χ1v) is 8.66. The molecule has 3 rings (SSSR count). The van der Waals surface area contributed by atoms with Gasteiger partial charge in [0.15, 0.2) is 0 Å². The summed E-state index contributed by atoms with van der Waals surface area (Å²) < 4.78 is 7.18. The highest BCUT2D eigenvalue weighted by Crippen LogP contribution is 2.21. The van der Waals surface area contributed by atoms with Crippen LogP contribution in [0.2, 0.25) is 0 Å². The van der Waals surface area contributed by atoms with Crippen LogP contribution < -0.4 is 11.1 Å². The molecule has 0 atom stereocenters. The van der Waals surface area contributed by atoms with E-state index in [1.807, 2.05) is 36.6 Å². The van der Waals surface area contributed by atoms with E-state index in [1.165, 1.54) is 11.3 Å². The number of aromatic nitrogens is 2. The minimum Gasteiger partial charge on any atom is -0.387 e. The van der Waals surface area contributed by atoms with Crippen molar-refractivity contribution in [3.8, 4) is 10.8 Å². The maximum absolute atomic E-state index is 12.1. The maximum atomic E-state index is 12.1. The fourth-order valence-electron chi connectivity index (χ4n) is 2.00. The second kappa shape index (κ2) is 6.67. The van der Waals surface area contributed by atoms with Gasteiger partial charge in [-0.05, 0) is 64.7 Å². The van der Waals surface area contributed by atoms with Crippen LogP contribution in [0.15, 0.2) is 44.9 Å². The number of carbonyl (C=O) groups is 1. The van der Waals surface area contributed by atoms with E-state index < -0.39 is 5.76 Å². The number of carbonyl (C=O) groups excluding carboxylic acids is 1. The summed E-state index contributed by atoms with van der Waals surface area (Å²) in [5.41, 5.74) is 1.67. The van der Waals surface area contributed by atoms with Crippen LogP contribution in [0.25, 0.3) is 10.8 Å². The third-order valence-electron chi connectivity index (χ3n) is 3.09. The van der Waals surface area contributed by atoms with Gasteiger partial charge in [-0.15, -0.1) is 16.4 Å². The molecular weight excluding hydrogens is 429 g/mol. The van der Waals surface area contributed by atoms with Gasteiger partial charge in [0.25, 0.3) is 5.89 Å². The molecule has 0 aliphatic carbocycles. The summed E-state index contributed by atoms with van der Waals surface area (Å²) in [6.07, 6.45) is 0. The van der Waals surface area contributed by atoms with Crippen LogP contribution in [0.1, 0.15) is 5.56 Å². The number of hydrogen-bond donors (Lipinski definition) is 1. The molecule has 0 fully saturated rings. The quantitative estimate of drug-likeness (QED) is 0.632. The number of aryl methyl sites for hydroxylation is 1. The summed E-state index contributed by atoms with van der Waals surface area (Å²) in [6.45, 7) is 1.72. The zero-order valence-corrected chi connectivity index (χ0v) is 15.1. The average molecular weight is 441 g/mol. The van der Waals surface area contributed by atoms with E-state index in [9.17, 15) is 9.59 Å². The Bertz CT molecular complexity index is 899. The molecule has 0 saturated heterocycles. The third kappa shape index (κ3) is 3.70. The van der Waals surface area contributed by atoms with Crippen molar-refractivity contribution in [2.75, 3.05) is 5.32 Å². The SMILES string of the molecule is Cc1cc(I)ccc1NC(=O)Cn1nc(-c2cccs2)oc1=O. The first-order valence-electron chi connectivity index (χ1n) is 6.71. The van der Waals surface area contributed by atoms with Crippen LogP contribution in [0.5, 0.6) is 0 Å². The maximum Gasteiger partial charge on any atom is 0.437 e. The number of amides is 1. The van der Waals surface area contributed by atoms with Crippen molar-refractivity contribution >= 4 is 45.5 Å². The number of benzene rings is 1. The zero-order valence-electron chi connectivity index (χ0n) is 12.1. The van der Waals surface area contributed by atoms with E-state index in [2.05, 4.69) is 33.0 Å². The number of rotatable bonds is 4. The Labute approximate surface area is 149 Å². The predicted molar refractivity (Wildman–Crippen MR) is 96.6 cm³/mol. The molecule has 0 radical (unpaired) electrons. The largest absolute Gasteiger partial charge is 0.437 e. The third-order valence-corrected chi connectivity index (χ3v) is 4.62. The van der Waals surface area contributed by atoms with Crippen LogP contribution in [-0.4, -0.2) is 15.7 Å². The molecule has 1 N–H and O–H groups in total. The molecule has 118 valence electrons. The molecular formula is C15H12IN3O3S. The van der Waals surface area contributed by atoms with Crippen molar-refractivity contribution < 1.29 is 9.21 Å². The highest BCUT2D eigenvalue weighted by Gasteiger charge is 2.14. The molecule has 0 aliphatic heterocycles. The summed E-state index contributed by atoms with van der Waals surface area (Å²) >= 11 is 3.62. The second-order valence-corrected chi connectivity index (χ2v) is 7.01. The van der Waals surface area contributed by atoms with Crippen molar-refractivity contribution in [2.45, 2.75) is 13.5 Å². The standard InChI is InChI=1S/C15H12IN3O3S/c1-9-7-10(16)4-5-11(9)17-13(20)8-19-15(21)22-14(18-19)12-3-2-6-23-12/h2-7H,8H2,1H3,(H,17,20). The predicted octanol–water partition coefficient (Wildman–Crippen LogP) is 3.12. The minimum atomic E-state index is -0.650. The van der Waals surface area contributed by atoms with Gasteiger partial charge in [-0.2, -0.15) is 4.68 Å². The van der Waals surface area contributed by atoms with Crippen molar-refractivity contribution in [3.63, 3.8) is 0 Å². The molecule has 0 bridgehead atoms. The van der Waals surface area contributed by atoms with Gasteiger partial charge in [0.05, 0.1) is 4.88 Å².